The van der Waals surface area contributed by atoms with E-state index in [2.05, 4.69) is 15.4 Å². The Morgan fingerprint density at radius 1 is 0.967 bits per heavy atom. The summed E-state index contributed by atoms with van der Waals surface area (Å²) in [6.45, 7) is 0.196. The summed E-state index contributed by atoms with van der Waals surface area (Å²) in [6, 6.07) is 22.0. The van der Waals surface area contributed by atoms with Crippen LogP contribution in [0.2, 0.25) is 0 Å². The molecule has 6 nitrogen and oxygen atoms in total. The van der Waals surface area contributed by atoms with Crippen LogP contribution in [0.3, 0.4) is 0 Å². The zero-order chi connectivity index (χ0) is 20.8. The maximum atomic E-state index is 13.0. The van der Waals surface area contributed by atoms with Crippen LogP contribution in [0.1, 0.15) is 15.9 Å². The molecule has 6 heteroatoms. The number of nitrogens with zero attached hydrogens (tertiary/aromatic N) is 3. The van der Waals surface area contributed by atoms with Crippen molar-refractivity contribution in [1.82, 2.24) is 20.1 Å². The number of ketones is 1. The Kier molecular flexibility index (Phi) is 5.75. The number of fused-ring (bicyclic) bond motifs is 1. The first kappa shape index (κ1) is 19.3. The van der Waals surface area contributed by atoms with E-state index in [0.717, 1.165) is 16.3 Å². The summed E-state index contributed by atoms with van der Waals surface area (Å²) in [5.41, 5.74) is 1.46. The van der Waals surface area contributed by atoms with Gasteiger partial charge in [0.2, 0.25) is 5.91 Å². The molecule has 0 saturated carbocycles. The Morgan fingerprint density at radius 2 is 1.73 bits per heavy atom. The summed E-state index contributed by atoms with van der Waals surface area (Å²) >= 11 is 0. The van der Waals surface area contributed by atoms with E-state index in [-0.39, 0.29) is 18.2 Å². The second-order valence-electron chi connectivity index (χ2n) is 6.81. The molecule has 4 aromatic rings. The van der Waals surface area contributed by atoms with Crippen molar-refractivity contribution in [2.75, 3.05) is 0 Å². The number of hydrogen-bond acceptors (Lipinski definition) is 4. The van der Waals surface area contributed by atoms with Gasteiger partial charge in [0.25, 0.3) is 0 Å². The third-order valence-electron chi connectivity index (χ3n) is 4.77. The minimum absolute atomic E-state index is 0.182. The van der Waals surface area contributed by atoms with E-state index >= 15 is 0 Å². The van der Waals surface area contributed by atoms with Gasteiger partial charge in [0.05, 0.1) is 6.54 Å². The van der Waals surface area contributed by atoms with E-state index in [1.165, 1.54) is 23.4 Å². The lowest BCUT2D eigenvalue weighted by Gasteiger charge is -2.16. The number of benzene rings is 3. The van der Waals surface area contributed by atoms with Crippen LogP contribution in [-0.4, -0.2) is 32.5 Å². The molecule has 0 aliphatic rings. The molecule has 148 valence electrons. The van der Waals surface area contributed by atoms with Crippen LogP contribution in [0.15, 0.2) is 91.5 Å². The molecular formula is C24H20N4O2. The van der Waals surface area contributed by atoms with Crippen LogP contribution in [0, 0.1) is 0 Å². The van der Waals surface area contributed by atoms with Gasteiger partial charge in [-0.2, -0.15) is 5.10 Å². The predicted molar refractivity (Wildman–Crippen MR) is 116 cm³/mol. The number of carbonyl (C=O) groups excluding carboxylic acids is 2. The molecule has 1 heterocycles. The zero-order valence-corrected chi connectivity index (χ0v) is 16.2. The summed E-state index contributed by atoms with van der Waals surface area (Å²) in [7, 11) is 0. The normalized spacial score (nSPS) is 12.1. The monoisotopic (exact) mass is 396 g/mol. The molecule has 1 N–H and O–H groups in total. The van der Waals surface area contributed by atoms with Gasteiger partial charge in [0.15, 0.2) is 5.78 Å². The Balaban J connectivity index is 1.53. The molecular weight excluding hydrogens is 376 g/mol. The van der Waals surface area contributed by atoms with E-state index in [0.29, 0.717) is 5.56 Å². The molecule has 0 saturated heterocycles. The number of nitrogens with one attached hydrogen (secondary N) is 1. The maximum Gasteiger partial charge on any atom is 0.244 e. The minimum Gasteiger partial charge on any atom is -0.340 e. The summed E-state index contributed by atoms with van der Waals surface area (Å²) < 4.78 is 1.53. The smallest absolute Gasteiger partial charge is 0.244 e. The lowest BCUT2D eigenvalue weighted by atomic mass is 10.0. The Labute approximate surface area is 173 Å². The Hall–Kier alpha value is -4.06. The highest BCUT2D eigenvalue weighted by Gasteiger charge is 2.22. The molecule has 4 rings (SSSR count). The number of hydrogen-bond donors (Lipinski definition) is 1. The zero-order valence-electron chi connectivity index (χ0n) is 16.2. The van der Waals surface area contributed by atoms with Gasteiger partial charge in [-0.15, -0.1) is 0 Å². The lowest BCUT2D eigenvalue weighted by molar-refractivity contribution is -0.117. The SMILES string of the molecule is O=C(/C=C/c1cccc2ccccc12)NC(Cn1cncn1)C(=O)c1ccccc1. The van der Waals surface area contributed by atoms with E-state index in [9.17, 15) is 9.59 Å². The van der Waals surface area contributed by atoms with Crippen molar-refractivity contribution in [1.29, 1.82) is 0 Å². The number of amides is 1. The first-order chi connectivity index (χ1) is 14.7. The molecule has 1 unspecified atom stereocenters. The van der Waals surface area contributed by atoms with Gasteiger partial charge in [-0.05, 0) is 22.4 Å². The second kappa shape index (κ2) is 8.96. The molecule has 0 aliphatic carbocycles. The first-order valence-corrected chi connectivity index (χ1v) is 9.59. The van der Waals surface area contributed by atoms with Crippen molar-refractivity contribution in [3.05, 3.63) is 103 Å². The highest BCUT2D eigenvalue weighted by molar-refractivity contribution is 6.04. The van der Waals surface area contributed by atoms with Gasteiger partial charge in [-0.25, -0.2) is 4.98 Å². The minimum atomic E-state index is -0.765. The number of Topliss-reactive ketones (excluding diaryl/α,β-unsaturated/α-hetero) is 1. The van der Waals surface area contributed by atoms with Gasteiger partial charge in [-0.3, -0.25) is 14.3 Å². The molecule has 0 radical (unpaired) electrons. The largest absolute Gasteiger partial charge is 0.340 e. The fraction of sp³-hybridized carbons (Fsp3) is 0.0833. The van der Waals surface area contributed by atoms with Crippen LogP contribution in [0.5, 0.6) is 0 Å². The van der Waals surface area contributed by atoms with Gasteiger partial charge in [0, 0.05) is 11.6 Å². The van der Waals surface area contributed by atoms with Crippen LogP contribution < -0.4 is 5.32 Å². The van der Waals surface area contributed by atoms with Crippen molar-refractivity contribution in [3.63, 3.8) is 0 Å². The molecule has 1 aromatic heterocycles. The first-order valence-electron chi connectivity index (χ1n) is 9.59. The fourth-order valence-corrected chi connectivity index (χ4v) is 3.29. The average Bonchev–Trinajstić information content (AvgIpc) is 3.30. The van der Waals surface area contributed by atoms with E-state index in [1.54, 1.807) is 30.3 Å². The topological polar surface area (TPSA) is 76.9 Å². The lowest BCUT2D eigenvalue weighted by Crippen LogP contribution is -2.43. The molecule has 1 atom stereocenters. The quantitative estimate of drug-likeness (QED) is 0.383. The van der Waals surface area contributed by atoms with Crippen molar-refractivity contribution < 1.29 is 9.59 Å². The van der Waals surface area contributed by atoms with Gasteiger partial charge in [0.1, 0.15) is 18.7 Å². The summed E-state index contributed by atoms with van der Waals surface area (Å²) in [5, 5.41) is 9.02. The highest BCUT2D eigenvalue weighted by Crippen LogP contribution is 2.19. The second-order valence-corrected chi connectivity index (χ2v) is 6.81. The van der Waals surface area contributed by atoms with Crippen molar-refractivity contribution in [2.24, 2.45) is 0 Å². The number of carbonyl (C=O) groups is 2. The van der Waals surface area contributed by atoms with Crippen molar-refractivity contribution >= 4 is 28.5 Å². The van der Waals surface area contributed by atoms with Gasteiger partial charge < -0.3 is 5.32 Å². The number of rotatable bonds is 7. The molecule has 1 amide bonds. The van der Waals surface area contributed by atoms with Crippen LogP contribution >= 0.6 is 0 Å². The van der Waals surface area contributed by atoms with Crippen LogP contribution in [0.25, 0.3) is 16.8 Å². The third-order valence-corrected chi connectivity index (χ3v) is 4.77. The van der Waals surface area contributed by atoms with Gasteiger partial charge >= 0.3 is 0 Å². The molecule has 0 bridgehead atoms. The third kappa shape index (κ3) is 4.50. The molecule has 30 heavy (non-hydrogen) atoms. The average molecular weight is 396 g/mol. The van der Waals surface area contributed by atoms with E-state index in [1.807, 2.05) is 48.5 Å². The molecule has 3 aromatic carbocycles. The summed E-state index contributed by atoms with van der Waals surface area (Å²) in [6.07, 6.45) is 6.13. The summed E-state index contributed by atoms with van der Waals surface area (Å²) in [4.78, 5) is 29.5. The molecule has 0 spiro atoms. The molecule has 0 aliphatic heterocycles. The van der Waals surface area contributed by atoms with E-state index in [4.69, 9.17) is 0 Å². The van der Waals surface area contributed by atoms with Crippen molar-refractivity contribution in [2.45, 2.75) is 12.6 Å². The van der Waals surface area contributed by atoms with Gasteiger partial charge in [-0.1, -0.05) is 72.8 Å². The highest BCUT2D eigenvalue weighted by atomic mass is 16.2. The standard InChI is InChI=1S/C24H20N4O2/c29-23(14-13-19-11-6-10-18-7-4-5-12-21(18)19)27-22(15-28-17-25-16-26-28)24(30)20-8-2-1-3-9-20/h1-14,16-17,22H,15H2,(H,27,29)/b14-13+. The summed E-state index contributed by atoms with van der Waals surface area (Å²) in [5.74, 6) is -0.532. The van der Waals surface area contributed by atoms with E-state index < -0.39 is 6.04 Å². The van der Waals surface area contributed by atoms with Crippen molar-refractivity contribution in [3.8, 4) is 0 Å². The Bertz CT molecular complexity index is 1180. The predicted octanol–water partition coefficient (Wildman–Crippen LogP) is 3.51. The Morgan fingerprint density at radius 3 is 2.53 bits per heavy atom. The maximum absolute atomic E-state index is 13.0. The van der Waals surface area contributed by atoms with Crippen LogP contribution in [-0.2, 0) is 11.3 Å². The number of aromatic nitrogens is 3. The van der Waals surface area contributed by atoms with Crippen LogP contribution in [0.4, 0.5) is 0 Å². The molecule has 0 fully saturated rings. The fourth-order valence-electron chi connectivity index (χ4n) is 3.29.